The van der Waals surface area contributed by atoms with Crippen molar-refractivity contribution in [2.24, 2.45) is 0 Å². The van der Waals surface area contributed by atoms with Gasteiger partial charge in [-0.2, -0.15) is 0 Å². The number of hydrogen-bond donors (Lipinski definition) is 0. The summed E-state index contributed by atoms with van der Waals surface area (Å²) < 4.78 is 11.1. The molecule has 0 atom stereocenters. The van der Waals surface area contributed by atoms with Crippen LogP contribution in [0.15, 0.2) is 47.4 Å². The quantitative estimate of drug-likeness (QED) is 0.595. The maximum absolute atomic E-state index is 12.0. The van der Waals surface area contributed by atoms with E-state index in [1.807, 2.05) is 0 Å². The van der Waals surface area contributed by atoms with Crippen LogP contribution in [0.4, 0.5) is 0 Å². The fourth-order valence-electron chi connectivity index (χ4n) is 1.85. The molecule has 2 rings (SSSR count). The van der Waals surface area contributed by atoms with Crippen LogP contribution in [0.3, 0.4) is 0 Å². The average Bonchev–Trinajstić information content (AvgIpc) is 2.54. The van der Waals surface area contributed by atoms with Crippen LogP contribution in [0, 0.1) is 0 Å². The van der Waals surface area contributed by atoms with Crippen molar-refractivity contribution in [1.29, 1.82) is 0 Å². The number of pyridine rings is 1. The molecule has 0 radical (unpaired) electrons. The summed E-state index contributed by atoms with van der Waals surface area (Å²) in [7, 11) is 1.47. The Kier molecular flexibility index (Phi) is 5.54. The zero-order valence-electron chi connectivity index (χ0n) is 12.3. The van der Waals surface area contributed by atoms with E-state index in [2.05, 4.69) is 0 Å². The number of carbonyl (C=O) groups is 2. The molecule has 1 heterocycles. The highest BCUT2D eigenvalue weighted by molar-refractivity contribution is 6.32. The van der Waals surface area contributed by atoms with Gasteiger partial charge in [-0.1, -0.05) is 17.7 Å². The number of ether oxygens (including phenoxy) is 2. The Morgan fingerprint density at radius 2 is 2.00 bits per heavy atom. The molecule has 0 aliphatic rings. The maximum atomic E-state index is 12.0. The molecule has 0 N–H and O–H groups in total. The monoisotopic (exact) mass is 335 g/mol. The van der Waals surface area contributed by atoms with Crippen LogP contribution in [-0.2, 0) is 16.1 Å². The molecule has 0 aliphatic carbocycles. The third kappa shape index (κ3) is 4.43. The molecule has 0 saturated carbocycles. The van der Waals surface area contributed by atoms with Crippen LogP contribution in [0.5, 0.6) is 5.75 Å². The summed E-state index contributed by atoms with van der Waals surface area (Å²) in [5.74, 6) is -0.627. The van der Waals surface area contributed by atoms with Crippen LogP contribution in [0.2, 0.25) is 5.02 Å². The first kappa shape index (κ1) is 16.8. The molecule has 120 valence electrons. The summed E-state index contributed by atoms with van der Waals surface area (Å²) in [6.07, 6.45) is 1.47. The van der Waals surface area contributed by atoms with Crippen molar-refractivity contribution in [3.05, 3.63) is 63.5 Å². The summed E-state index contributed by atoms with van der Waals surface area (Å²) >= 11 is 5.94. The van der Waals surface area contributed by atoms with Gasteiger partial charge in [0.25, 0.3) is 5.56 Å². The molecule has 6 nitrogen and oxygen atoms in total. The maximum Gasteiger partial charge on any atom is 0.326 e. The predicted octanol–water partition coefficient (Wildman–Crippen LogP) is 1.94. The van der Waals surface area contributed by atoms with Crippen molar-refractivity contribution in [2.75, 3.05) is 13.7 Å². The van der Waals surface area contributed by atoms with Gasteiger partial charge in [0.1, 0.15) is 12.3 Å². The van der Waals surface area contributed by atoms with E-state index in [1.54, 1.807) is 18.2 Å². The largest absolute Gasteiger partial charge is 0.495 e. The van der Waals surface area contributed by atoms with E-state index < -0.39 is 18.4 Å². The predicted molar refractivity (Wildman–Crippen MR) is 84.0 cm³/mol. The number of esters is 1. The summed E-state index contributed by atoms with van der Waals surface area (Å²) in [5.41, 5.74) is -0.0156. The van der Waals surface area contributed by atoms with Gasteiger partial charge in [0.2, 0.25) is 0 Å². The number of aromatic nitrogens is 1. The van der Waals surface area contributed by atoms with Crippen LogP contribution < -0.4 is 10.3 Å². The van der Waals surface area contributed by atoms with Crippen LogP contribution in [0.1, 0.15) is 10.4 Å². The van der Waals surface area contributed by atoms with E-state index in [0.29, 0.717) is 16.3 Å². The summed E-state index contributed by atoms with van der Waals surface area (Å²) in [4.78, 5) is 35.1. The lowest BCUT2D eigenvalue weighted by atomic mass is 10.1. The molecule has 2 aromatic rings. The van der Waals surface area contributed by atoms with E-state index in [4.69, 9.17) is 21.1 Å². The van der Waals surface area contributed by atoms with Gasteiger partial charge in [-0.15, -0.1) is 0 Å². The lowest BCUT2D eigenvalue weighted by Crippen LogP contribution is -2.25. The van der Waals surface area contributed by atoms with Crippen molar-refractivity contribution < 1.29 is 19.1 Å². The fourth-order valence-corrected chi connectivity index (χ4v) is 2.10. The number of rotatable bonds is 6. The average molecular weight is 336 g/mol. The smallest absolute Gasteiger partial charge is 0.326 e. The zero-order valence-corrected chi connectivity index (χ0v) is 13.1. The van der Waals surface area contributed by atoms with Gasteiger partial charge in [0.05, 0.1) is 12.1 Å². The number of nitrogens with zero attached hydrogens (tertiary/aromatic N) is 1. The van der Waals surface area contributed by atoms with E-state index in [1.165, 1.54) is 36.1 Å². The minimum Gasteiger partial charge on any atom is -0.495 e. The summed E-state index contributed by atoms with van der Waals surface area (Å²) in [6.45, 7) is -0.681. The van der Waals surface area contributed by atoms with Gasteiger partial charge in [-0.25, -0.2) is 0 Å². The highest BCUT2D eigenvalue weighted by Gasteiger charge is 2.12. The Labute approximate surface area is 137 Å². The topological polar surface area (TPSA) is 74.6 Å². The first-order valence-electron chi connectivity index (χ1n) is 6.69. The van der Waals surface area contributed by atoms with Gasteiger partial charge in [-0.05, 0) is 24.3 Å². The molecular weight excluding hydrogens is 322 g/mol. The summed E-state index contributed by atoms with van der Waals surface area (Å²) in [5, 5.41) is 0.292. The van der Waals surface area contributed by atoms with Gasteiger partial charge in [0, 0.05) is 17.8 Å². The van der Waals surface area contributed by atoms with E-state index in [9.17, 15) is 14.4 Å². The molecule has 0 spiro atoms. The zero-order chi connectivity index (χ0) is 16.8. The minimum atomic E-state index is -0.675. The van der Waals surface area contributed by atoms with Gasteiger partial charge in [-0.3, -0.25) is 14.4 Å². The van der Waals surface area contributed by atoms with Gasteiger partial charge < -0.3 is 14.0 Å². The number of methoxy groups -OCH3 is 1. The first-order valence-corrected chi connectivity index (χ1v) is 7.07. The highest BCUT2D eigenvalue weighted by Crippen LogP contribution is 2.25. The summed E-state index contributed by atoms with van der Waals surface area (Å²) in [6, 6.07) is 9.06. The second-order valence-corrected chi connectivity index (χ2v) is 5.01. The molecule has 7 heteroatoms. The minimum absolute atomic E-state index is 0.254. The number of benzene rings is 1. The molecule has 1 aromatic heterocycles. The molecule has 0 saturated heterocycles. The van der Waals surface area contributed by atoms with E-state index in [-0.39, 0.29) is 12.1 Å². The molecule has 1 aromatic carbocycles. The fraction of sp³-hybridized carbons (Fsp3) is 0.188. The standard InChI is InChI=1S/C16H14ClNO5/c1-22-14-6-5-11(8-12(14)17)13(19)10-23-16(21)9-18-7-3-2-4-15(18)20/h2-8H,9-10H2,1H3. The van der Waals surface area contributed by atoms with Crippen molar-refractivity contribution in [3.8, 4) is 5.75 Å². The van der Waals surface area contributed by atoms with E-state index >= 15 is 0 Å². The van der Waals surface area contributed by atoms with E-state index in [0.717, 1.165) is 0 Å². The molecule has 0 fully saturated rings. The molecule has 0 amide bonds. The van der Waals surface area contributed by atoms with Crippen LogP contribution >= 0.6 is 11.6 Å². The Bertz CT molecular complexity index is 784. The number of Topliss-reactive ketones (excluding diaryl/α,β-unsaturated/α-hetero) is 1. The first-order chi connectivity index (χ1) is 11.0. The Morgan fingerprint density at radius 3 is 2.65 bits per heavy atom. The van der Waals surface area contributed by atoms with Crippen molar-refractivity contribution in [3.63, 3.8) is 0 Å². The highest BCUT2D eigenvalue weighted by atomic mass is 35.5. The third-order valence-corrected chi connectivity index (χ3v) is 3.33. The number of carbonyl (C=O) groups excluding carboxylic acids is 2. The molecule has 23 heavy (non-hydrogen) atoms. The molecule has 0 unspecified atom stereocenters. The van der Waals surface area contributed by atoms with Gasteiger partial charge >= 0.3 is 5.97 Å². The lowest BCUT2D eigenvalue weighted by Gasteiger charge is -2.07. The number of hydrogen-bond acceptors (Lipinski definition) is 5. The van der Waals surface area contributed by atoms with Crippen LogP contribution in [-0.4, -0.2) is 30.0 Å². The van der Waals surface area contributed by atoms with Crippen molar-refractivity contribution in [2.45, 2.75) is 6.54 Å². The van der Waals surface area contributed by atoms with Crippen LogP contribution in [0.25, 0.3) is 0 Å². The molecular formula is C16H14ClNO5. The number of halogens is 1. The van der Waals surface area contributed by atoms with Crippen molar-refractivity contribution >= 4 is 23.4 Å². The van der Waals surface area contributed by atoms with Crippen molar-refractivity contribution in [1.82, 2.24) is 4.57 Å². The van der Waals surface area contributed by atoms with Gasteiger partial charge in [0.15, 0.2) is 12.4 Å². The SMILES string of the molecule is COc1ccc(C(=O)COC(=O)Cn2ccccc2=O)cc1Cl. The Balaban J connectivity index is 1.94. The molecule has 0 bridgehead atoms. The second kappa shape index (κ2) is 7.60. The Morgan fingerprint density at radius 1 is 1.22 bits per heavy atom. The number of ketones is 1. The third-order valence-electron chi connectivity index (χ3n) is 3.04. The second-order valence-electron chi connectivity index (χ2n) is 4.60. The Hall–Kier alpha value is -2.60. The normalized spacial score (nSPS) is 10.2. The lowest BCUT2D eigenvalue weighted by molar-refractivity contribution is -0.143. The molecule has 0 aliphatic heterocycles.